The number of hydrogen-bond acceptors (Lipinski definition) is 4. The average molecular weight is 291 g/mol. The van der Waals surface area contributed by atoms with E-state index in [2.05, 4.69) is 15.3 Å². The van der Waals surface area contributed by atoms with Gasteiger partial charge in [0, 0.05) is 17.9 Å². The monoisotopic (exact) mass is 291 g/mol. The van der Waals surface area contributed by atoms with Gasteiger partial charge in [0.2, 0.25) is 0 Å². The molecule has 4 nitrogen and oxygen atoms in total. The van der Waals surface area contributed by atoms with Crippen molar-refractivity contribution in [1.29, 1.82) is 0 Å². The molecule has 0 radical (unpaired) electrons. The molecule has 5 heteroatoms. The summed E-state index contributed by atoms with van der Waals surface area (Å²) < 4.78 is 5.23. The highest BCUT2D eigenvalue weighted by molar-refractivity contribution is 7.99. The summed E-state index contributed by atoms with van der Waals surface area (Å²) in [6, 6.07) is 6.69. The summed E-state index contributed by atoms with van der Waals surface area (Å²) in [4.78, 5) is 7.95. The third-order valence-corrected chi connectivity index (χ3v) is 4.72. The molecule has 1 aliphatic heterocycles. The average Bonchev–Trinajstić information content (AvgIpc) is 3.11. The van der Waals surface area contributed by atoms with Crippen LogP contribution in [0, 0.1) is 0 Å². The number of fused-ring (bicyclic) bond motifs is 1. The number of aromatic amines is 1. The van der Waals surface area contributed by atoms with Crippen LogP contribution in [0.3, 0.4) is 0 Å². The van der Waals surface area contributed by atoms with E-state index in [1.54, 1.807) is 7.11 Å². The first kappa shape index (κ1) is 13.8. The number of hydrogen-bond donors (Lipinski definition) is 2. The summed E-state index contributed by atoms with van der Waals surface area (Å²) in [5, 5.41) is 4.55. The van der Waals surface area contributed by atoms with E-state index in [9.17, 15) is 0 Å². The smallest absolute Gasteiger partial charge is 0.166 e. The molecular formula is C15H21N3OS. The van der Waals surface area contributed by atoms with Gasteiger partial charge in [0.15, 0.2) is 5.16 Å². The lowest BCUT2D eigenvalue weighted by Gasteiger charge is -2.08. The molecule has 1 fully saturated rings. The second kappa shape index (κ2) is 6.50. The topological polar surface area (TPSA) is 49.9 Å². The quantitative estimate of drug-likeness (QED) is 0.634. The summed E-state index contributed by atoms with van der Waals surface area (Å²) in [5.41, 5.74) is 2.05. The zero-order chi connectivity index (χ0) is 13.8. The molecule has 1 aliphatic rings. The van der Waals surface area contributed by atoms with Crippen LogP contribution >= 0.6 is 11.8 Å². The van der Waals surface area contributed by atoms with Crippen molar-refractivity contribution in [3.8, 4) is 5.75 Å². The van der Waals surface area contributed by atoms with Gasteiger partial charge in [-0.1, -0.05) is 11.8 Å². The molecule has 2 N–H and O–H groups in total. The van der Waals surface area contributed by atoms with Crippen LogP contribution in [0.25, 0.3) is 11.0 Å². The Balaban J connectivity index is 1.52. The number of aromatic nitrogens is 2. The first-order valence-electron chi connectivity index (χ1n) is 7.25. The normalized spacial score (nSPS) is 18.8. The summed E-state index contributed by atoms with van der Waals surface area (Å²) in [6.07, 6.45) is 5.20. The maximum Gasteiger partial charge on any atom is 0.166 e. The molecule has 20 heavy (non-hydrogen) atoms. The van der Waals surface area contributed by atoms with E-state index in [1.807, 2.05) is 30.0 Å². The molecule has 0 bridgehead atoms. The molecule has 1 unspecified atom stereocenters. The maximum atomic E-state index is 5.23. The van der Waals surface area contributed by atoms with Crippen LogP contribution in [0.15, 0.2) is 23.4 Å². The van der Waals surface area contributed by atoms with E-state index in [1.165, 1.54) is 32.2 Å². The molecule has 108 valence electrons. The van der Waals surface area contributed by atoms with Crippen molar-refractivity contribution in [2.24, 2.45) is 0 Å². The molecular weight excluding hydrogens is 270 g/mol. The molecule has 1 aromatic heterocycles. The Labute approximate surface area is 123 Å². The predicted molar refractivity (Wildman–Crippen MR) is 83.6 cm³/mol. The van der Waals surface area contributed by atoms with Crippen LogP contribution in [0.4, 0.5) is 0 Å². The van der Waals surface area contributed by atoms with Crippen molar-refractivity contribution in [2.45, 2.75) is 36.9 Å². The highest BCUT2D eigenvalue weighted by atomic mass is 32.2. The molecule has 3 rings (SSSR count). The minimum atomic E-state index is 0.746. The van der Waals surface area contributed by atoms with Gasteiger partial charge >= 0.3 is 0 Å². The second-order valence-electron chi connectivity index (χ2n) is 5.21. The molecule has 2 heterocycles. The van der Waals surface area contributed by atoms with Crippen LogP contribution in [-0.4, -0.2) is 35.4 Å². The largest absolute Gasteiger partial charge is 0.497 e. The fourth-order valence-corrected chi connectivity index (χ4v) is 3.51. The zero-order valence-corrected chi connectivity index (χ0v) is 12.6. The third-order valence-electron chi connectivity index (χ3n) is 3.77. The Morgan fingerprint density at radius 2 is 2.40 bits per heavy atom. The highest BCUT2D eigenvalue weighted by Gasteiger charge is 2.13. The molecule has 0 amide bonds. The summed E-state index contributed by atoms with van der Waals surface area (Å²) in [5.74, 6) is 1.99. The van der Waals surface area contributed by atoms with Crippen LogP contribution in [-0.2, 0) is 0 Å². The number of imidazole rings is 1. The number of H-pyrrole nitrogens is 1. The second-order valence-corrected chi connectivity index (χ2v) is 6.29. The SMILES string of the molecule is COc1ccc2nc(SCCCC3CCCN3)[nH]c2c1. The van der Waals surface area contributed by atoms with Gasteiger partial charge in [-0.25, -0.2) is 4.98 Å². The molecule has 0 aliphatic carbocycles. The Morgan fingerprint density at radius 3 is 3.20 bits per heavy atom. The minimum absolute atomic E-state index is 0.746. The first-order valence-corrected chi connectivity index (χ1v) is 8.23. The van der Waals surface area contributed by atoms with Gasteiger partial charge in [0.25, 0.3) is 0 Å². The van der Waals surface area contributed by atoms with Gasteiger partial charge in [0.05, 0.1) is 18.1 Å². The van der Waals surface area contributed by atoms with E-state index in [0.717, 1.165) is 33.7 Å². The Kier molecular flexibility index (Phi) is 4.47. The highest BCUT2D eigenvalue weighted by Crippen LogP contribution is 2.24. The molecule has 1 saturated heterocycles. The van der Waals surface area contributed by atoms with Crippen molar-refractivity contribution in [1.82, 2.24) is 15.3 Å². The van der Waals surface area contributed by atoms with Crippen LogP contribution < -0.4 is 10.1 Å². The number of nitrogens with zero attached hydrogens (tertiary/aromatic N) is 1. The predicted octanol–water partition coefficient (Wildman–Crippen LogP) is 3.20. The molecule has 1 atom stereocenters. The number of rotatable bonds is 6. The van der Waals surface area contributed by atoms with Crippen molar-refractivity contribution >= 4 is 22.8 Å². The summed E-state index contributed by atoms with van der Waals surface area (Å²) in [7, 11) is 1.68. The van der Waals surface area contributed by atoms with Gasteiger partial charge in [-0.05, 0) is 44.4 Å². The zero-order valence-electron chi connectivity index (χ0n) is 11.8. The fourth-order valence-electron chi connectivity index (χ4n) is 2.66. The number of thioether (sulfide) groups is 1. The van der Waals surface area contributed by atoms with Gasteiger partial charge in [-0.3, -0.25) is 0 Å². The van der Waals surface area contributed by atoms with E-state index >= 15 is 0 Å². The lowest BCUT2D eigenvalue weighted by atomic mass is 10.1. The summed E-state index contributed by atoms with van der Waals surface area (Å²) in [6.45, 7) is 1.20. The lowest BCUT2D eigenvalue weighted by Crippen LogP contribution is -2.20. The van der Waals surface area contributed by atoms with Gasteiger partial charge in [-0.15, -0.1) is 0 Å². The summed E-state index contributed by atoms with van der Waals surface area (Å²) >= 11 is 1.81. The Morgan fingerprint density at radius 1 is 1.45 bits per heavy atom. The van der Waals surface area contributed by atoms with Gasteiger partial charge in [0.1, 0.15) is 5.75 Å². The van der Waals surface area contributed by atoms with E-state index in [0.29, 0.717) is 0 Å². The van der Waals surface area contributed by atoms with Crippen LogP contribution in [0.5, 0.6) is 5.75 Å². The standard InChI is InChI=1S/C15H21N3OS/c1-19-12-6-7-13-14(10-12)18-15(17-13)20-9-3-5-11-4-2-8-16-11/h6-7,10-11,16H,2-5,8-9H2,1H3,(H,17,18). The lowest BCUT2D eigenvalue weighted by molar-refractivity contribution is 0.415. The van der Waals surface area contributed by atoms with Crippen molar-refractivity contribution in [3.05, 3.63) is 18.2 Å². The van der Waals surface area contributed by atoms with Gasteiger partial charge in [-0.2, -0.15) is 0 Å². The maximum absolute atomic E-state index is 5.23. The van der Waals surface area contributed by atoms with E-state index < -0.39 is 0 Å². The fraction of sp³-hybridized carbons (Fsp3) is 0.533. The third kappa shape index (κ3) is 3.27. The molecule has 0 spiro atoms. The number of ether oxygens (including phenoxy) is 1. The van der Waals surface area contributed by atoms with Gasteiger partial charge < -0.3 is 15.0 Å². The van der Waals surface area contributed by atoms with Crippen molar-refractivity contribution in [3.63, 3.8) is 0 Å². The van der Waals surface area contributed by atoms with Crippen LogP contribution in [0.2, 0.25) is 0 Å². The minimum Gasteiger partial charge on any atom is -0.497 e. The van der Waals surface area contributed by atoms with Crippen molar-refractivity contribution in [2.75, 3.05) is 19.4 Å². The molecule has 0 saturated carbocycles. The van der Waals surface area contributed by atoms with Crippen molar-refractivity contribution < 1.29 is 4.74 Å². The van der Waals surface area contributed by atoms with E-state index in [-0.39, 0.29) is 0 Å². The van der Waals surface area contributed by atoms with Crippen LogP contribution in [0.1, 0.15) is 25.7 Å². The molecule has 1 aromatic carbocycles. The molecule has 2 aromatic rings. The Bertz CT molecular complexity index is 563. The van der Waals surface area contributed by atoms with E-state index in [4.69, 9.17) is 4.74 Å². The number of benzene rings is 1. The first-order chi connectivity index (χ1) is 9.85. The Hall–Kier alpha value is -1.20. The number of nitrogens with one attached hydrogen (secondary N) is 2. The number of methoxy groups -OCH3 is 1.